The molecule has 1 aromatic heterocycles. The Kier molecular flexibility index (Phi) is 9.72. The first kappa shape index (κ1) is 23.5. The largest absolute Gasteiger partial charge is 0.489 e. The van der Waals surface area contributed by atoms with Gasteiger partial charge in [-0.1, -0.05) is 11.6 Å². The lowest BCUT2D eigenvalue weighted by Crippen LogP contribution is -2.53. The van der Waals surface area contributed by atoms with Crippen LogP contribution in [-0.2, 0) is 0 Å². The lowest BCUT2D eigenvalue weighted by Gasteiger charge is -2.36. The zero-order valence-electron chi connectivity index (χ0n) is 16.8. The fourth-order valence-corrected chi connectivity index (χ4v) is 3.12. The number of benzene rings is 1. The minimum Gasteiger partial charge on any atom is -0.489 e. The number of piperazine rings is 1. The molecule has 1 atom stereocenters. The van der Waals surface area contributed by atoms with Crippen LogP contribution in [0.5, 0.6) is 5.75 Å². The van der Waals surface area contributed by atoms with Gasteiger partial charge in [-0.15, -0.1) is 24.0 Å². The van der Waals surface area contributed by atoms with E-state index in [-0.39, 0.29) is 30.1 Å². The average Bonchev–Trinajstić information content (AvgIpc) is 2.73. The summed E-state index contributed by atoms with van der Waals surface area (Å²) < 4.78 is 5.92. The quantitative estimate of drug-likeness (QED) is 0.351. The summed E-state index contributed by atoms with van der Waals surface area (Å²) in [5.74, 6) is 2.50. The monoisotopic (exact) mass is 530 g/mol. The Balaban J connectivity index is 0.00000300. The lowest BCUT2D eigenvalue weighted by atomic mass is 10.3. The van der Waals surface area contributed by atoms with E-state index in [4.69, 9.17) is 21.3 Å². The Morgan fingerprint density at radius 2 is 1.83 bits per heavy atom. The molecular formula is C20H28ClIN6O. The number of hydrogen-bond donors (Lipinski definition) is 1. The van der Waals surface area contributed by atoms with Crippen molar-refractivity contribution in [2.75, 3.05) is 44.2 Å². The minimum atomic E-state index is -0.0335. The van der Waals surface area contributed by atoms with Crippen molar-refractivity contribution in [3.63, 3.8) is 0 Å². The highest BCUT2D eigenvalue weighted by atomic mass is 127. The molecule has 2 aromatic rings. The fourth-order valence-electron chi connectivity index (χ4n) is 3.00. The first-order valence-electron chi connectivity index (χ1n) is 9.63. The molecule has 2 heterocycles. The van der Waals surface area contributed by atoms with E-state index in [9.17, 15) is 0 Å². The van der Waals surface area contributed by atoms with Crippen LogP contribution in [0.15, 0.2) is 47.7 Å². The van der Waals surface area contributed by atoms with Crippen LogP contribution in [0.3, 0.4) is 0 Å². The third-order valence-corrected chi connectivity index (χ3v) is 4.65. The summed E-state index contributed by atoms with van der Waals surface area (Å²) in [5, 5.41) is 4.09. The minimum absolute atomic E-state index is 0. The van der Waals surface area contributed by atoms with Gasteiger partial charge in [-0.05, 0) is 44.2 Å². The number of nitrogens with one attached hydrogen (secondary N) is 1. The van der Waals surface area contributed by atoms with Crippen molar-refractivity contribution in [2.45, 2.75) is 20.0 Å². The number of guanidine groups is 1. The molecule has 158 valence electrons. The zero-order valence-corrected chi connectivity index (χ0v) is 19.9. The van der Waals surface area contributed by atoms with E-state index in [2.05, 4.69) is 32.0 Å². The first-order chi connectivity index (χ1) is 13.7. The predicted octanol–water partition coefficient (Wildman–Crippen LogP) is 3.30. The summed E-state index contributed by atoms with van der Waals surface area (Å²) in [6.07, 6.45) is 3.53. The van der Waals surface area contributed by atoms with Gasteiger partial charge in [-0.25, -0.2) is 15.0 Å². The van der Waals surface area contributed by atoms with E-state index in [0.29, 0.717) is 11.6 Å². The lowest BCUT2D eigenvalue weighted by molar-refractivity contribution is 0.229. The van der Waals surface area contributed by atoms with Crippen molar-refractivity contribution >= 4 is 47.5 Å². The van der Waals surface area contributed by atoms with Gasteiger partial charge in [0.15, 0.2) is 5.96 Å². The second-order valence-electron chi connectivity index (χ2n) is 6.60. The maximum atomic E-state index is 5.92. The third kappa shape index (κ3) is 7.18. The number of aromatic nitrogens is 2. The van der Waals surface area contributed by atoms with Crippen LogP contribution in [0.4, 0.5) is 5.95 Å². The highest BCUT2D eigenvalue weighted by molar-refractivity contribution is 14.0. The molecule has 0 amide bonds. The molecule has 29 heavy (non-hydrogen) atoms. The van der Waals surface area contributed by atoms with Crippen LogP contribution < -0.4 is 15.0 Å². The van der Waals surface area contributed by atoms with Crippen molar-refractivity contribution < 1.29 is 4.74 Å². The van der Waals surface area contributed by atoms with Crippen LogP contribution in [0.1, 0.15) is 13.8 Å². The van der Waals surface area contributed by atoms with Gasteiger partial charge in [-0.2, -0.15) is 0 Å². The summed E-state index contributed by atoms with van der Waals surface area (Å²) >= 11 is 5.92. The molecule has 1 aliphatic heterocycles. The highest BCUT2D eigenvalue weighted by Gasteiger charge is 2.21. The Morgan fingerprint density at radius 1 is 1.17 bits per heavy atom. The van der Waals surface area contributed by atoms with Crippen LogP contribution in [0.2, 0.25) is 5.02 Å². The van der Waals surface area contributed by atoms with Crippen molar-refractivity contribution in [2.24, 2.45) is 4.99 Å². The molecule has 1 saturated heterocycles. The van der Waals surface area contributed by atoms with Crippen molar-refractivity contribution in [1.29, 1.82) is 0 Å². The normalized spacial score (nSPS) is 15.5. The van der Waals surface area contributed by atoms with Gasteiger partial charge in [0.25, 0.3) is 0 Å². The standard InChI is InChI=1S/C20H27ClN6O.HI/c1-3-22-19(25-15-16(2)28-18-7-5-17(21)6-8-18)26-11-13-27(14-12-26)20-23-9-4-10-24-20;/h4-10,16H,3,11-15H2,1-2H3,(H,22,25);1H. The number of anilines is 1. The van der Waals surface area contributed by atoms with Crippen LogP contribution in [0, 0.1) is 0 Å². The van der Waals surface area contributed by atoms with E-state index < -0.39 is 0 Å². The number of aliphatic imine (C=N–C) groups is 1. The Morgan fingerprint density at radius 3 is 2.45 bits per heavy atom. The van der Waals surface area contributed by atoms with E-state index in [1.54, 1.807) is 12.4 Å². The number of halogens is 2. The van der Waals surface area contributed by atoms with Gasteiger partial charge >= 0.3 is 0 Å². The summed E-state index contributed by atoms with van der Waals surface area (Å²) in [7, 11) is 0. The van der Waals surface area contributed by atoms with E-state index in [1.165, 1.54) is 0 Å². The zero-order chi connectivity index (χ0) is 19.8. The molecule has 0 radical (unpaired) electrons. The van der Waals surface area contributed by atoms with Crippen molar-refractivity contribution in [3.8, 4) is 5.75 Å². The van der Waals surface area contributed by atoms with Gasteiger partial charge < -0.3 is 19.9 Å². The van der Waals surface area contributed by atoms with Crippen LogP contribution in [-0.4, -0.2) is 66.2 Å². The Hall–Kier alpha value is -1.81. The molecule has 7 nitrogen and oxygen atoms in total. The Labute approximate surface area is 194 Å². The summed E-state index contributed by atoms with van der Waals surface area (Å²) in [6.45, 7) is 8.98. The number of ether oxygens (including phenoxy) is 1. The number of rotatable bonds is 6. The molecule has 0 saturated carbocycles. The summed E-state index contributed by atoms with van der Waals surface area (Å²) in [5.41, 5.74) is 0. The fraction of sp³-hybridized carbons (Fsp3) is 0.450. The molecular weight excluding hydrogens is 503 g/mol. The van der Waals surface area contributed by atoms with Crippen LogP contribution in [0.25, 0.3) is 0 Å². The van der Waals surface area contributed by atoms with Gasteiger partial charge in [0, 0.05) is 50.1 Å². The summed E-state index contributed by atoms with van der Waals surface area (Å²) in [6, 6.07) is 9.24. The van der Waals surface area contributed by atoms with E-state index in [1.807, 2.05) is 37.3 Å². The smallest absolute Gasteiger partial charge is 0.225 e. The van der Waals surface area contributed by atoms with Gasteiger partial charge in [-0.3, -0.25) is 0 Å². The van der Waals surface area contributed by atoms with Gasteiger partial charge in [0.05, 0.1) is 6.54 Å². The van der Waals surface area contributed by atoms with Crippen molar-refractivity contribution in [1.82, 2.24) is 20.2 Å². The van der Waals surface area contributed by atoms with Crippen molar-refractivity contribution in [3.05, 3.63) is 47.7 Å². The molecule has 1 aliphatic rings. The van der Waals surface area contributed by atoms with E-state index >= 15 is 0 Å². The number of nitrogens with zero attached hydrogens (tertiary/aromatic N) is 5. The topological polar surface area (TPSA) is 65.9 Å². The molecule has 3 rings (SSSR count). The first-order valence-corrected chi connectivity index (χ1v) is 10.0. The third-order valence-electron chi connectivity index (χ3n) is 4.40. The molecule has 0 aliphatic carbocycles. The molecule has 0 spiro atoms. The molecule has 1 N–H and O–H groups in total. The Bertz CT molecular complexity index is 753. The maximum Gasteiger partial charge on any atom is 0.225 e. The SMILES string of the molecule is CCNC(=NCC(C)Oc1ccc(Cl)cc1)N1CCN(c2ncccn2)CC1.I. The van der Waals surface area contributed by atoms with E-state index in [0.717, 1.165) is 50.4 Å². The molecule has 1 unspecified atom stereocenters. The second kappa shape index (κ2) is 12.0. The molecule has 9 heteroatoms. The molecule has 0 bridgehead atoms. The van der Waals surface area contributed by atoms with Gasteiger partial charge in [0.1, 0.15) is 11.9 Å². The predicted molar refractivity (Wildman–Crippen MR) is 129 cm³/mol. The van der Waals surface area contributed by atoms with Gasteiger partial charge in [0.2, 0.25) is 5.95 Å². The van der Waals surface area contributed by atoms with Crippen LogP contribution >= 0.6 is 35.6 Å². The molecule has 1 aromatic carbocycles. The number of hydrogen-bond acceptors (Lipinski definition) is 5. The maximum absolute atomic E-state index is 5.92. The highest BCUT2D eigenvalue weighted by Crippen LogP contribution is 2.17. The second-order valence-corrected chi connectivity index (χ2v) is 7.04. The average molecular weight is 531 g/mol. The molecule has 1 fully saturated rings. The summed E-state index contributed by atoms with van der Waals surface area (Å²) in [4.78, 5) is 17.9.